The molecule has 0 spiro atoms. The summed E-state index contributed by atoms with van der Waals surface area (Å²) in [5.41, 5.74) is 3.85. The van der Waals surface area contributed by atoms with E-state index in [0.29, 0.717) is 42.8 Å². The van der Waals surface area contributed by atoms with Crippen LogP contribution in [0, 0.1) is 12.3 Å². The van der Waals surface area contributed by atoms with E-state index in [9.17, 15) is 18.4 Å². The minimum atomic E-state index is -2.31. The summed E-state index contributed by atoms with van der Waals surface area (Å²) in [5, 5.41) is 0. The molecule has 0 fully saturated rings. The van der Waals surface area contributed by atoms with E-state index < -0.39 is 11.1 Å². The van der Waals surface area contributed by atoms with Gasteiger partial charge in [0.05, 0.1) is 6.61 Å². The van der Waals surface area contributed by atoms with Crippen LogP contribution in [-0.2, 0) is 40.0 Å². The predicted molar refractivity (Wildman–Crippen MR) is 110 cm³/mol. The lowest BCUT2D eigenvalue weighted by Gasteiger charge is -2.30. The fourth-order valence-electron chi connectivity index (χ4n) is 4.42. The third-order valence-corrected chi connectivity index (χ3v) is 6.50. The first-order valence-electron chi connectivity index (χ1n) is 10.0. The monoisotopic (exact) mass is 418 g/mol. The Labute approximate surface area is 174 Å². The van der Waals surface area contributed by atoms with Gasteiger partial charge in [0.15, 0.2) is 5.78 Å². The zero-order chi connectivity index (χ0) is 21.3. The highest BCUT2D eigenvalue weighted by atomic mass is 32.2. The first-order valence-corrected chi connectivity index (χ1v) is 11.1. The maximum absolute atomic E-state index is 13.1. The van der Waals surface area contributed by atoms with Crippen LogP contribution >= 0.6 is 0 Å². The van der Waals surface area contributed by atoms with Gasteiger partial charge in [0.2, 0.25) is 0 Å². The first kappa shape index (κ1) is 21.7. The maximum atomic E-state index is 13.1. The lowest BCUT2D eigenvalue weighted by Crippen LogP contribution is -2.29. The number of carbonyl (C=O) groups is 2. The molecule has 158 valence electrons. The standard InChI is InChI=1S/C22H29NO5S/c1-5-28-20(25)13-23-14(2)16(10-15-8-6-7-9-19(15)29(26)27)21-17(23)11-22(3,4)12-18(21)24/h7,9H,5-6,8,10-13H2,1-4H3,(H,26,27)/p-1. The van der Waals surface area contributed by atoms with Crippen molar-refractivity contribution in [3.8, 4) is 0 Å². The molecule has 3 rings (SSSR count). The van der Waals surface area contributed by atoms with E-state index in [-0.39, 0.29) is 23.7 Å². The second-order valence-electron chi connectivity index (χ2n) is 8.54. The van der Waals surface area contributed by atoms with Gasteiger partial charge in [0, 0.05) is 28.3 Å². The number of rotatable bonds is 6. The predicted octanol–water partition coefficient (Wildman–Crippen LogP) is 3.54. The van der Waals surface area contributed by atoms with Crippen molar-refractivity contribution in [2.24, 2.45) is 5.41 Å². The highest BCUT2D eigenvalue weighted by Gasteiger charge is 2.37. The Hall–Kier alpha value is -1.99. The summed E-state index contributed by atoms with van der Waals surface area (Å²) >= 11 is -2.31. The van der Waals surface area contributed by atoms with Gasteiger partial charge >= 0.3 is 5.97 Å². The molecule has 29 heavy (non-hydrogen) atoms. The van der Waals surface area contributed by atoms with E-state index in [4.69, 9.17) is 4.74 Å². The summed E-state index contributed by atoms with van der Waals surface area (Å²) in [6, 6.07) is 0. The summed E-state index contributed by atoms with van der Waals surface area (Å²) in [6.07, 6.45) is 6.46. The molecule has 1 aromatic rings. The van der Waals surface area contributed by atoms with Gasteiger partial charge in [0.25, 0.3) is 0 Å². The Bertz CT molecular complexity index is 935. The van der Waals surface area contributed by atoms with Gasteiger partial charge in [-0.15, -0.1) is 0 Å². The maximum Gasteiger partial charge on any atom is 0.325 e. The van der Waals surface area contributed by atoms with Crippen molar-refractivity contribution in [1.82, 2.24) is 4.57 Å². The van der Waals surface area contributed by atoms with Crippen molar-refractivity contribution in [1.29, 1.82) is 0 Å². The van der Waals surface area contributed by atoms with Gasteiger partial charge in [-0.2, -0.15) is 0 Å². The van der Waals surface area contributed by atoms with Gasteiger partial charge in [0.1, 0.15) is 6.54 Å². The molecular formula is C22H28NO5S-. The van der Waals surface area contributed by atoms with Crippen molar-refractivity contribution >= 4 is 22.8 Å². The van der Waals surface area contributed by atoms with Gasteiger partial charge < -0.3 is 13.9 Å². The smallest absolute Gasteiger partial charge is 0.325 e. The molecule has 0 amide bonds. The molecule has 7 heteroatoms. The third-order valence-electron chi connectivity index (χ3n) is 5.71. The quantitative estimate of drug-likeness (QED) is 0.521. The van der Waals surface area contributed by atoms with Crippen LogP contribution in [0.2, 0.25) is 0 Å². The number of hydrogen-bond donors (Lipinski definition) is 0. The Balaban J connectivity index is 2.11. The Kier molecular flexibility index (Phi) is 6.29. The summed E-state index contributed by atoms with van der Waals surface area (Å²) in [6.45, 7) is 8.14. The lowest BCUT2D eigenvalue weighted by atomic mass is 9.75. The van der Waals surface area contributed by atoms with Crippen molar-refractivity contribution < 1.29 is 23.1 Å². The van der Waals surface area contributed by atoms with Crippen LogP contribution in [0.4, 0.5) is 0 Å². The molecule has 0 saturated heterocycles. The van der Waals surface area contributed by atoms with Gasteiger partial charge in [-0.1, -0.05) is 31.6 Å². The van der Waals surface area contributed by atoms with E-state index in [1.807, 2.05) is 17.6 Å². The molecule has 1 unspecified atom stereocenters. The summed E-state index contributed by atoms with van der Waals surface area (Å²) < 4.78 is 30.3. The first-order chi connectivity index (χ1) is 13.6. The molecule has 0 bridgehead atoms. The number of nitrogens with zero attached hydrogens (tertiary/aromatic N) is 1. The van der Waals surface area contributed by atoms with Crippen LogP contribution in [0.15, 0.2) is 22.6 Å². The largest absolute Gasteiger partial charge is 0.768 e. The van der Waals surface area contributed by atoms with Crippen LogP contribution in [0.1, 0.15) is 67.3 Å². The minimum Gasteiger partial charge on any atom is -0.768 e. The molecule has 0 aliphatic heterocycles. The fourth-order valence-corrected chi connectivity index (χ4v) is 5.04. The van der Waals surface area contributed by atoms with Crippen LogP contribution in [0.3, 0.4) is 0 Å². The molecule has 0 saturated carbocycles. The molecule has 0 radical (unpaired) electrons. The van der Waals surface area contributed by atoms with Crippen molar-refractivity contribution in [3.05, 3.63) is 45.1 Å². The second kappa shape index (κ2) is 8.40. The highest BCUT2D eigenvalue weighted by molar-refractivity contribution is 7.83. The topological polar surface area (TPSA) is 88.4 Å². The average molecular weight is 419 g/mol. The van der Waals surface area contributed by atoms with E-state index in [0.717, 1.165) is 28.9 Å². The summed E-state index contributed by atoms with van der Waals surface area (Å²) in [7, 11) is 0. The zero-order valence-electron chi connectivity index (χ0n) is 17.5. The van der Waals surface area contributed by atoms with Gasteiger partial charge in [-0.25, -0.2) is 0 Å². The molecule has 2 aliphatic carbocycles. The molecular weight excluding hydrogens is 390 g/mol. The van der Waals surface area contributed by atoms with E-state index in [1.54, 1.807) is 13.0 Å². The number of hydrogen-bond acceptors (Lipinski definition) is 5. The zero-order valence-corrected chi connectivity index (χ0v) is 18.3. The van der Waals surface area contributed by atoms with Crippen molar-refractivity contribution in [2.45, 2.75) is 66.3 Å². The van der Waals surface area contributed by atoms with Gasteiger partial charge in [-0.05, 0) is 61.6 Å². The van der Waals surface area contributed by atoms with Crippen LogP contribution in [0.25, 0.3) is 0 Å². The average Bonchev–Trinajstić information content (AvgIpc) is 2.87. The molecule has 6 nitrogen and oxygen atoms in total. The number of Topliss-reactive ketones (excluding diaryl/α,β-unsaturated/α-hetero) is 1. The van der Waals surface area contributed by atoms with Crippen LogP contribution in [-0.4, -0.2) is 31.7 Å². The summed E-state index contributed by atoms with van der Waals surface area (Å²) in [4.78, 5) is 25.6. The lowest BCUT2D eigenvalue weighted by molar-refractivity contribution is -0.143. The number of allylic oxidation sites excluding steroid dienone is 3. The molecule has 0 N–H and O–H groups in total. The molecule has 1 heterocycles. The number of carbonyl (C=O) groups excluding carboxylic acids is 2. The van der Waals surface area contributed by atoms with Crippen LogP contribution < -0.4 is 0 Å². The molecule has 0 aromatic carbocycles. The van der Waals surface area contributed by atoms with Crippen molar-refractivity contribution in [2.75, 3.05) is 6.61 Å². The number of fused-ring (bicyclic) bond motifs is 1. The highest BCUT2D eigenvalue weighted by Crippen LogP contribution is 2.40. The Morgan fingerprint density at radius 3 is 2.72 bits per heavy atom. The minimum absolute atomic E-state index is 0.0602. The molecule has 1 atom stereocenters. The Morgan fingerprint density at radius 1 is 1.34 bits per heavy atom. The number of aromatic nitrogens is 1. The number of ketones is 1. The fraction of sp³-hybridized carbons (Fsp3) is 0.545. The number of esters is 1. The second-order valence-corrected chi connectivity index (χ2v) is 9.45. The summed E-state index contributed by atoms with van der Waals surface area (Å²) in [5.74, 6) is -0.273. The molecule has 2 aliphatic rings. The van der Waals surface area contributed by atoms with E-state index >= 15 is 0 Å². The third kappa shape index (κ3) is 4.46. The van der Waals surface area contributed by atoms with Crippen molar-refractivity contribution in [3.63, 3.8) is 0 Å². The van der Waals surface area contributed by atoms with Gasteiger partial charge in [-0.3, -0.25) is 13.8 Å². The normalized spacial score (nSPS) is 19.3. The Morgan fingerprint density at radius 2 is 2.07 bits per heavy atom. The molecule has 1 aromatic heterocycles. The van der Waals surface area contributed by atoms with E-state index in [2.05, 4.69) is 13.8 Å². The van der Waals surface area contributed by atoms with Crippen LogP contribution in [0.5, 0.6) is 0 Å². The van der Waals surface area contributed by atoms with E-state index in [1.165, 1.54) is 0 Å². The number of ether oxygens (including phenoxy) is 1. The SMILES string of the molecule is CCOC(=O)Cn1c(C)c(CC2=C(S(=O)[O-])C=CCC2)c2c1CC(C)(C)CC2=O.